The number of likely N-dealkylation sites (tertiary alicyclic amines) is 1. The molecule has 3 rings (SSSR count). The number of piperidine rings is 1. The zero-order valence-electron chi connectivity index (χ0n) is 11.8. The van der Waals surface area contributed by atoms with Gasteiger partial charge in [0.25, 0.3) is 0 Å². The fraction of sp³-hybridized carbons (Fsp3) is 0.625. The lowest BCUT2D eigenvalue weighted by Crippen LogP contribution is -2.47. The Labute approximate surface area is 115 Å². The largest absolute Gasteiger partial charge is 0.497 e. The van der Waals surface area contributed by atoms with Crippen molar-refractivity contribution in [3.63, 3.8) is 0 Å². The number of nitrogens with zero attached hydrogens (tertiary/aromatic N) is 1. The first-order valence-electron chi connectivity index (χ1n) is 7.46. The van der Waals surface area contributed by atoms with Gasteiger partial charge in [-0.05, 0) is 62.0 Å². The molecule has 0 saturated carbocycles. The summed E-state index contributed by atoms with van der Waals surface area (Å²) in [6.45, 7) is 2.45. The number of ether oxygens (including phenoxy) is 1. The summed E-state index contributed by atoms with van der Waals surface area (Å²) in [4.78, 5) is 2.61. The third-order valence-corrected chi connectivity index (χ3v) is 4.69. The van der Waals surface area contributed by atoms with E-state index in [1.165, 1.54) is 49.9 Å². The molecule has 2 unspecified atom stereocenters. The molecule has 104 valence electrons. The highest BCUT2D eigenvalue weighted by molar-refractivity contribution is 5.40. The maximum Gasteiger partial charge on any atom is 0.119 e. The van der Waals surface area contributed by atoms with Gasteiger partial charge in [0.1, 0.15) is 5.75 Å². The van der Waals surface area contributed by atoms with Gasteiger partial charge >= 0.3 is 0 Å². The Balaban J connectivity index is 1.81. The van der Waals surface area contributed by atoms with E-state index in [1.807, 2.05) is 6.07 Å². The number of nitrogens with two attached hydrogens (primary N) is 1. The van der Waals surface area contributed by atoms with Gasteiger partial charge < -0.3 is 10.5 Å². The fourth-order valence-electron chi connectivity index (χ4n) is 3.60. The molecule has 3 heteroatoms. The Kier molecular flexibility index (Phi) is 3.76. The van der Waals surface area contributed by atoms with E-state index in [4.69, 9.17) is 10.5 Å². The Morgan fingerprint density at radius 3 is 2.74 bits per heavy atom. The first kappa shape index (κ1) is 12.9. The number of methoxy groups -OCH3 is 1. The molecule has 0 radical (unpaired) electrons. The van der Waals surface area contributed by atoms with Crippen molar-refractivity contribution in [2.45, 2.75) is 44.2 Å². The normalized spacial score (nSPS) is 27.9. The molecule has 1 fully saturated rings. The number of hydrogen-bond acceptors (Lipinski definition) is 3. The third-order valence-electron chi connectivity index (χ3n) is 4.69. The van der Waals surface area contributed by atoms with Crippen LogP contribution in [0.1, 0.15) is 42.9 Å². The smallest absolute Gasteiger partial charge is 0.119 e. The summed E-state index contributed by atoms with van der Waals surface area (Å²) in [6, 6.07) is 7.04. The Morgan fingerprint density at radius 1 is 1.21 bits per heavy atom. The van der Waals surface area contributed by atoms with Crippen molar-refractivity contribution in [1.82, 2.24) is 4.90 Å². The molecular weight excluding hydrogens is 236 g/mol. The Hall–Kier alpha value is -1.06. The van der Waals surface area contributed by atoms with Crippen LogP contribution in [0.5, 0.6) is 5.75 Å². The van der Waals surface area contributed by atoms with Crippen LogP contribution < -0.4 is 10.5 Å². The van der Waals surface area contributed by atoms with Crippen molar-refractivity contribution in [2.24, 2.45) is 5.73 Å². The summed E-state index contributed by atoms with van der Waals surface area (Å²) in [5.41, 5.74) is 9.23. The van der Waals surface area contributed by atoms with Crippen LogP contribution in [0.15, 0.2) is 18.2 Å². The van der Waals surface area contributed by atoms with Gasteiger partial charge in [-0.25, -0.2) is 0 Å². The lowest BCUT2D eigenvalue weighted by atomic mass is 9.83. The zero-order valence-corrected chi connectivity index (χ0v) is 11.8. The number of fused-ring (bicyclic) bond motifs is 1. The molecule has 1 aliphatic heterocycles. The van der Waals surface area contributed by atoms with E-state index in [9.17, 15) is 0 Å². The van der Waals surface area contributed by atoms with Crippen LogP contribution in [0.2, 0.25) is 0 Å². The molecule has 1 aromatic rings. The highest BCUT2D eigenvalue weighted by atomic mass is 16.5. The van der Waals surface area contributed by atoms with Crippen LogP contribution in [-0.4, -0.2) is 31.1 Å². The average Bonchev–Trinajstić information content (AvgIpc) is 2.48. The molecule has 1 aromatic carbocycles. The quantitative estimate of drug-likeness (QED) is 0.888. The average molecular weight is 260 g/mol. The molecule has 0 aromatic heterocycles. The number of benzene rings is 1. The second-order valence-electron chi connectivity index (χ2n) is 5.79. The molecule has 2 atom stereocenters. The van der Waals surface area contributed by atoms with Crippen LogP contribution in [0.4, 0.5) is 0 Å². The van der Waals surface area contributed by atoms with Gasteiger partial charge in [-0.3, -0.25) is 4.90 Å². The molecule has 0 amide bonds. The van der Waals surface area contributed by atoms with Crippen molar-refractivity contribution in [3.8, 4) is 5.75 Å². The molecule has 2 aliphatic rings. The van der Waals surface area contributed by atoms with E-state index >= 15 is 0 Å². The first-order chi connectivity index (χ1) is 9.29. The minimum absolute atomic E-state index is 0.160. The SMILES string of the molecule is COc1ccc2c(c1)CCC(N1CCCCC1)C2N. The predicted octanol–water partition coefficient (Wildman–Crippen LogP) is 2.50. The van der Waals surface area contributed by atoms with Crippen LogP contribution in [0.3, 0.4) is 0 Å². The monoisotopic (exact) mass is 260 g/mol. The van der Waals surface area contributed by atoms with Crippen LogP contribution in [-0.2, 0) is 6.42 Å². The Bertz CT molecular complexity index is 440. The van der Waals surface area contributed by atoms with Gasteiger partial charge in [-0.2, -0.15) is 0 Å². The topological polar surface area (TPSA) is 38.5 Å². The molecule has 1 heterocycles. The summed E-state index contributed by atoms with van der Waals surface area (Å²) in [6.07, 6.45) is 6.35. The molecule has 2 N–H and O–H groups in total. The second kappa shape index (κ2) is 5.51. The van der Waals surface area contributed by atoms with Crippen molar-refractivity contribution < 1.29 is 4.74 Å². The number of rotatable bonds is 2. The van der Waals surface area contributed by atoms with Crippen LogP contribution in [0, 0.1) is 0 Å². The maximum absolute atomic E-state index is 6.53. The van der Waals surface area contributed by atoms with Crippen LogP contribution >= 0.6 is 0 Å². The summed E-state index contributed by atoms with van der Waals surface area (Å²) in [5.74, 6) is 0.947. The van der Waals surface area contributed by atoms with E-state index < -0.39 is 0 Å². The highest BCUT2D eigenvalue weighted by Crippen LogP contribution is 2.34. The van der Waals surface area contributed by atoms with E-state index in [-0.39, 0.29) is 6.04 Å². The van der Waals surface area contributed by atoms with Crippen molar-refractivity contribution in [3.05, 3.63) is 29.3 Å². The van der Waals surface area contributed by atoms with Gasteiger partial charge in [-0.15, -0.1) is 0 Å². The van der Waals surface area contributed by atoms with E-state index in [1.54, 1.807) is 7.11 Å². The number of aryl methyl sites for hydroxylation is 1. The summed E-state index contributed by atoms with van der Waals surface area (Å²) >= 11 is 0. The first-order valence-corrected chi connectivity index (χ1v) is 7.46. The Morgan fingerprint density at radius 2 is 2.00 bits per heavy atom. The molecule has 19 heavy (non-hydrogen) atoms. The third kappa shape index (κ3) is 2.49. The van der Waals surface area contributed by atoms with E-state index in [2.05, 4.69) is 17.0 Å². The molecule has 3 nitrogen and oxygen atoms in total. The molecule has 0 spiro atoms. The molecule has 1 aliphatic carbocycles. The zero-order chi connectivity index (χ0) is 13.2. The van der Waals surface area contributed by atoms with E-state index in [0.29, 0.717) is 6.04 Å². The maximum atomic E-state index is 6.53. The van der Waals surface area contributed by atoms with Gasteiger partial charge in [-0.1, -0.05) is 12.5 Å². The minimum Gasteiger partial charge on any atom is -0.497 e. The lowest BCUT2D eigenvalue weighted by Gasteiger charge is -2.41. The van der Waals surface area contributed by atoms with Gasteiger partial charge in [0.15, 0.2) is 0 Å². The summed E-state index contributed by atoms with van der Waals surface area (Å²) in [5, 5.41) is 0. The molecular formula is C16H24N2O. The minimum atomic E-state index is 0.160. The van der Waals surface area contributed by atoms with E-state index in [0.717, 1.165) is 12.2 Å². The molecule has 0 bridgehead atoms. The van der Waals surface area contributed by atoms with Crippen molar-refractivity contribution >= 4 is 0 Å². The number of hydrogen-bond donors (Lipinski definition) is 1. The van der Waals surface area contributed by atoms with Gasteiger partial charge in [0, 0.05) is 12.1 Å². The van der Waals surface area contributed by atoms with Gasteiger partial charge in [0.2, 0.25) is 0 Å². The summed E-state index contributed by atoms with van der Waals surface area (Å²) in [7, 11) is 1.72. The van der Waals surface area contributed by atoms with Crippen molar-refractivity contribution in [2.75, 3.05) is 20.2 Å². The molecule has 1 saturated heterocycles. The second-order valence-corrected chi connectivity index (χ2v) is 5.79. The lowest BCUT2D eigenvalue weighted by molar-refractivity contribution is 0.129. The highest BCUT2D eigenvalue weighted by Gasteiger charge is 2.31. The van der Waals surface area contributed by atoms with Crippen LogP contribution in [0.25, 0.3) is 0 Å². The predicted molar refractivity (Wildman–Crippen MR) is 77.5 cm³/mol. The van der Waals surface area contributed by atoms with Crippen molar-refractivity contribution in [1.29, 1.82) is 0 Å². The standard InChI is InChI=1S/C16H24N2O/c1-19-13-6-7-14-12(11-13)5-8-15(16(14)17)18-9-3-2-4-10-18/h6-7,11,15-16H,2-5,8-10,17H2,1H3. The van der Waals surface area contributed by atoms with Gasteiger partial charge in [0.05, 0.1) is 7.11 Å². The summed E-state index contributed by atoms with van der Waals surface area (Å²) < 4.78 is 5.31. The fourth-order valence-corrected chi connectivity index (χ4v) is 3.60.